The second-order valence-corrected chi connectivity index (χ2v) is 4.68. The van der Waals surface area contributed by atoms with Gasteiger partial charge in [-0.05, 0) is 34.3 Å². The standard InChI is InChI=1S/C8H9BrF3NOS/c1-5(7-6(9)2-3-15-7)13-14-4-8(10,11)12/h2-3,5,13H,4H2,1H3. The summed E-state index contributed by atoms with van der Waals surface area (Å²) in [6.07, 6.45) is -4.31. The topological polar surface area (TPSA) is 21.3 Å². The number of alkyl halides is 3. The summed E-state index contributed by atoms with van der Waals surface area (Å²) in [6.45, 7) is 0.438. The van der Waals surface area contributed by atoms with E-state index in [-0.39, 0.29) is 6.04 Å². The lowest BCUT2D eigenvalue weighted by atomic mass is 10.3. The predicted octanol–water partition coefficient (Wildman–Crippen LogP) is 3.66. The molecule has 0 spiro atoms. The van der Waals surface area contributed by atoms with Crippen LogP contribution in [-0.2, 0) is 4.84 Å². The van der Waals surface area contributed by atoms with Crippen LogP contribution in [0.5, 0.6) is 0 Å². The van der Waals surface area contributed by atoms with E-state index in [2.05, 4.69) is 26.2 Å². The van der Waals surface area contributed by atoms with Gasteiger partial charge in [0.2, 0.25) is 0 Å². The van der Waals surface area contributed by atoms with Gasteiger partial charge < -0.3 is 0 Å². The number of thiophene rings is 1. The fourth-order valence-electron chi connectivity index (χ4n) is 0.916. The van der Waals surface area contributed by atoms with Gasteiger partial charge in [-0.25, -0.2) is 0 Å². The average molecular weight is 304 g/mol. The third-order valence-electron chi connectivity index (χ3n) is 1.53. The van der Waals surface area contributed by atoms with E-state index in [1.807, 2.05) is 11.4 Å². The van der Waals surface area contributed by atoms with Crippen LogP contribution in [0.25, 0.3) is 0 Å². The first-order valence-electron chi connectivity index (χ1n) is 4.07. The van der Waals surface area contributed by atoms with Gasteiger partial charge in [-0.3, -0.25) is 4.84 Å². The number of hydrogen-bond acceptors (Lipinski definition) is 3. The fraction of sp³-hybridized carbons (Fsp3) is 0.500. The van der Waals surface area contributed by atoms with Crippen LogP contribution < -0.4 is 5.48 Å². The Morgan fingerprint density at radius 1 is 1.60 bits per heavy atom. The summed E-state index contributed by atoms with van der Waals surface area (Å²) in [4.78, 5) is 5.25. The van der Waals surface area contributed by atoms with E-state index in [1.165, 1.54) is 11.3 Å². The first kappa shape index (κ1) is 13.0. The van der Waals surface area contributed by atoms with Crippen LogP contribution >= 0.6 is 27.3 Å². The highest BCUT2D eigenvalue weighted by atomic mass is 79.9. The molecular formula is C8H9BrF3NOS. The van der Waals surface area contributed by atoms with E-state index in [0.29, 0.717) is 0 Å². The van der Waals surface area contributed by atoms with Gasteiger partial charge in [-0.15, -0.1) is 11.3 Å². The molecule has 1 aromatic rings. The Balaban J connectivity index is 2.37. The molecule has 0 aliphatic carbocycles. The SMILES string of the molecule is CC(NOCC(F)(F)F)c1sccc1Br. The van der Waals surface area contributed by atoms with Crippen molar-refractivity contribution in [3.05, 3.63) is 20.8 Å². The summed E-state index contributed by atoms with van der Waals surface area (Å²) in [7, 11) is 0. The molecule has 1 unspecified atom stereocenters. The van der Waals surface area contributed by atoms with Crippen molar-refractivity contribution in [2.45, 2.75) is 19.1 Å². The normalized spacial score (nSPS) is 14.2. The van der Waals surface area contributed by atoms with Crippen LogP contribution in [-0.4, -0.2) is 12.8 Å². The van der Waals surface area contributed by atoms with Crippen molar-refractivity contribution < 1.29 is 18.0 Å². The minimum Gasteiger partial charge on any atom is -0.292 e. The number of rotatable bonds is 4. The number of hydrogen-bond donors (Lipinski definition) is 1. The van der Waals surface area contributed by atoms with Gasteiger partial charge in [0.1, 0.15) is 0 Å². The molecular weight excluding hydrogens is 295 g/mol. The van der Waals surface area contributed by atoms with Gasteiger partial charge in [0.25, 0.3) is 0 Å². The summed E-state index contributed by atoms with van der Waals surface area (Å²) in [5.41, 5.74) is 2.34. The van der Waals surface area contributed by atoms with Gasteiger partial charge in [-0.1, -0.05) is 0 Å². The Kier molecular flexibility index (Phi) is 4.57. The van der Waals surface area contributed by atoms with Crippen LogP contribution in [0.4, 0.5) is 13.2 Å². The van der Waals surface area contributed by atoms with E-state index in [0.717, 1.165) is 9.35 Å². The third-order valence-corrected chi connectivity index (χ3v) is 3.59. The zero-order valence-corrected chi connectivity index (χ0v) is 10.2. The van der Waals surface area contributed by atoms with Crippen LogP contribution in [0.1, 0.15) is 17.8 Å². The molecule has 15 heavy (non-hydrogen) atoms. The first-order valence-corrected chi connectivity index (χ1v) is 5.74. The zero-order valence-electron chi connectivity index (χ0n) is 7.77. The summed E-state index contributed by atoms with van der Waals surface area (Å²) in [5, 5.41) is 1.85. The Morgan fingerprint density at radius 3 is 2.73 bits per heavy atom. The highest BCUT2D eigenvalue weighted by Gasteiger charge is 2.28. The average Bonchev–Trinajstić information content (AvgIpc) is 2.48. The number of halogens is 4. The lowest BCUT2D eigenvalue weighted by Crippen LogP contribution is -2.26. The van der Waals surface area contributed by atoms with E-state index >= 15 is 0 Å². The van der Waals surface area contributed by atoms with Crippen molar-refractivity contribution in [1.82, 2.24) is 5.48 Å². The fourth-order valence-corrected chi connectivity index (χ4v) is 2.63. The molecule has 1 rings (SSSR count). The highest BCUT2D eigenvalue weighted by Crippen LogP contribution is 2.28. The van der Waals surface area contributed by atoms with Gasteiger partial charge in [0, 0.05) is 9.35 Å². The largest absolute Gasteiger partial charge is 0.413 e. The lowest BCUT2D eigenvalue weighted by molar-refractivity contribution is -0.192. The molecule has 0 aliphatic rings. The second-order valence-electron chi connectivity index (χ2n) is 2.88. The van der Waals surface area contributed by atoms with E-state index in [1.54, 1.807) is 6.92 Å². The number of hydroxylamine groups is 1. The molecule has 7 heteroatoms. The summed E-state index contributed by atoms with van der Waals surface area (Å²) in [5.74, 6) is 0. The van der Waals surface area contributed by atoms with Gasteiger partial charge in [0.15, 0.2) is 6.61 Å². The minimum atomic E-state index is -4.31. The quantitative estimate of drug-likeness (QED) is 0.857. The van der Waals surface area contributed by atoms with Crippen molar-refractivity contribution in [3.63, 3.8) is 0 Å². The molecule has 1 heterocycles. The molecule has 0 aromatic carbocycles. The molecule has 86 valence electrons. The van der Waals surface area contributed by atoms with Crippen molar-refractivity contribution in [1.29, 1.82) is 0 Å². The zero-order chi connectivity index (χ0) is 11.5. The van der Waals surface area contributed by atoms with Crippen molar-refractivity contribution >= 4 is 27.3 Å². The van der Waals surface area contributed by atoms with Gasteiger partial charge in [-0.2, -0.15) is 18.7 Å². The Labute approximate surface area is 97.5 Å². The van der Waals surface area contributed by atoms with Crippen LogP contribution in [0, 0.1) is 0 Å². The molecule has 1 aromatic heterocycles. The van der Waals surface area contributed by atoms with Crippen molar-refractivity contribution in [3.8, 4) is 0 Å². The van der Waals surface area contributed by atoms with Crippen LogP contribution in [0.3, 0.4) is 0 Å². The smallest absolute Gasteiger partial charge is 0.292 e. The number of nitrogens with one attached hydrogen (secondary N) is 1. The summed E-state index contributed by atoms with van der Waals surface area (Å²) < 4.78 is 36.1. The minimum absolute atomic E-state index is 0.276. The monoisotopic (exact) mass is 303 g/mol. The summed E-state index contributed by atoms with van der Waals surface area (Å²) >= 11 is 4.74. The van der Waals surface area contributed by atoms with Crippen molar-refractivity contribution in [2.24, 2.45) is 0 Å². The molecule has 0 saturated carbocycles. The Hall–Kier alpha value is -0.110. The van der Waals surface area contributed by atoms with Crippen molar-refractivity contribution in [2.75, 3.05) is 6.61 Å². The lowest BCUT2D eigenvalue weighted by Gasteiger charge is -2.13. The molecule has 1 N–H and O–H groups in total. The van der Waals surface area contributed by atoms with Gasteiger partial charge >= 0.3 is 6.18 Å². The second kappa shape index (κ2) is 5.29. The molecule has 0 amide bonds. The van der Waals surface area contributed by atoms with E-state index in [4.69, 9.17) is 0 Å². The molecule has 2 nitrogen and oxygen atoms in total. The summed E-state index contributed by atoms with van der Waals surface area (Å²) in [6, 6.07) is 1.56. The first-order chi connectivity index (χ1) is 6.90. The van der Waals surface area contributed by atoms with E-state index < -0.39 is 12.8 Å². The maximum Gasteiger partial charge on any atom is 0.413 e. The molecule has 0 saturated heterocycles. The van der Waals surface area contributed by atoms with Crippen LogP contribution in [0.15, 0.2) is 15.9 Å². The van der Waals surface area contributed by atoms with E-state index in [9.17, 15) is 13.2 Å². The van der Waals surface area contributed by atoms with Gasteiger partial charge in [0.05, 0.1) is 6.04 Å². The maximum atomic E-state index is 11.8. The van der Waals surface area contributed by atoms with Crippen LogP contribution in [0.2, 0.25) is 0 Å². The molecule has 0 bridgehead atoms. The molecule has 0 fully saturated rings. The Bertz CT molecular complexity index is 315. The predicted molar refractivity (Wildman–Crippen MR) is 55.6 cm³/mol. The molecule has 0 aliphatic heterocycles. The molecule has 1 atom stereocenters. The highest BCUT2D eigenvalue weighted by molar-refractivity contribution is 9.10. The third kappa shape index (κ3) is 4.50. The maximum absolute atomic E-state index is 11.8. The molecule has 0 radical (unpaired) electrons. The Morgan fingerprint density at radius 2 is 2.27 bits per heavy atom.